The first-order valence-corrected chi connectivity index (χ1v) is 7.47. The summed E-state index contributed by atoms with van der Waals surface area (Å²) in [5.74, 6) is -1.20. The zero-order valence-corrected chi connectivity index (χ0v) is 13.1. The number of nitrogens with one attached hydrogen (secondary N) is 2. The molecule has 0 unspecified atom stereocenters. The predicted octanol–water partition coefficient (Wildman–Crippen LogP) is 3.76. The molecule has 2 aromatic carbocycles. The van der Waals surface area contributed by atoms with Crippen molar-refractivity contribution in [2.45, 2.75) is 13.8 Å². The number of phenols is 4. The molecular weight excluding hydrogens is 308 g/mol. The molecule has 2 heterocycles. The van der Waals surface area contributed by atoms with Crippen molar-refractivity contribution in [2.24, 2.45) is 0 Å². The molecular formula is C18H16N2O4. The summed E-state index contributed by atoms with van der Waals surface area (Å²) < 4.78 is 0. The number of benzene rings is 2. The number of rotatable bonds is 1. The number of aromatic amines is 2. The van der Waals surface area contributed by atoms with Crippen molar-refractivity contribution in [3.8, 4) is 34.1 Å². The Bertz CT molecular complexity index is 1030. The molecule has 2 aromatic heterocycles. The minimum Gasteiger partial charge on any atom is -0.504 e. The van der Waals surface area contributed by atoms with Gasteiger partial charge in [-0.05, 0) is 26.0 Å². The summed E-state index contributed by atoms with van der Waals surface area (Å²) in [6.45, 7) is 3.39. The third kappa shape index (κ3) is 1.59. The lowest BCUT2D eigenvalue weighted by Crippen LogP contribution is -1.90. The van der Waals surface area contributed by atoms with Crippen molar-refractivity contribution in [3.05, 3.63) is 35.7 Å². The van der Waals surface area contributed by atoms with Gasteiger partial charge in [0.2, 0.25) is 0 Å². The summed E-state index contributed by atoms with van der Waals surface area (Å²) in [5.41, 5.74) is 2.77. The highest BCUT2D eigenvalue weighted by molar-refractivity contribution is 6.11. The van der Waals surface area contributed by atoms with Crippen LogP contribution in [-0.4, -0.2) is 30.4 Å². The summed E-state index contributed by atoms with van der Waals surface area (Å²) in [4.78, 5) is 6.07. The van der Waals surface area contributed by atoms with Crippen molar-refractivity contribution in [1.82, 2.24) is 9.97 Å². The minimum absolute atomic E-state index is 0.246. The van der Waals surface area contributed by atoms with E-state index < -0.39 is 0 Å². The summed E-state index contributed by atoms with van der Waals surface area (Å²) >= 11 is 0. The zero-order chi connectivity index (χ0) is 17.2. The molecule has 0 aliphatic rings. The molecule has 0 saturated heterocycles. The Balaban J connectivity index is 2.27. The number of fused-ring (bicyclic) bond motifs is 2. The number of hydrogen-bond acceptors (Lipinski definition) is 4. The molecule has 4 aromatic rings. The molecule has 6 heteroatoms. The second-order valence-electron chi connectivity index (χ2n) is 5.93. The van der Waals surface area contributed by atoms with Crippen LogP contribution in [0.2, 0.25) is 0 Å². The molecule has 0 spiro atoms. The van der Waals surface area contributed by atoms with Crippen LogP contribution in [0.5, 0.6) is 23.0 Å². The molecule has 122 valence electrons. The SMILES string of the molecule is Cc1c(O)c(O)c(-c2c(O)c(O)c(C)c3[nH]ccc23)c2[nH]ccc12. The molecule has 24 heavy (non-hydrogen) atoms. The summed E-state index contributed by atoms with van der Waals surface area (Å²) in [6, 6.07) is 3.54. The van der Waals surface area contributed by atoms with E-state index in [0.717, 1.165) is 5.39 Å². The number of aromatic nitrogens is 2. The van der Waals surface area contributed by atoms with Gasteiger partial charge in [0.05, 0.1) is 16.6 Å². The Hall–Kier alpha value is -3.28. The second kappa shape index (κ2) is 4.61. The van der Waals surface area contributed by atoms with Crippen LogP contribution in [-0.2, 0) is 0 Å². The van der Waals surface area contributed by atoms with E-state index in [0.29, 0.717) is 27.5 Å². The third-order valence-corrected chi connectivity index (χ3v) is 4.67. The van der Waals surface area contributed by atoms with E-state index in [1.807, 2.05) is 0 Å². The number of aromatic hydroxyl groups is 4. The van der Waals surface area contributed by atoms with E-state index in [2.05, 4.69) is 9.97 Å². The Kier molecular flexibility index (Phi) is 2.75. The Morgan fingerprint density at radius 3 is 1.88 bits per heavy atom. The van der Waals surface area contributed by atoms with Gasteiger partial charge < -0.3 is 30.4 Å². The zero-order valence-electron chi connectivity index (χ0n) is 13.1. The number of aryl methyl sites for hydroxylation is 2. The maximum atomic E-state index is 10.6. The molecule has 0 amide bonds. The fourth-order valence-electron chi connectivity index (χ4n) is 3.36. The quantitative estimate of drug-likeness (QED) is 0.299. The van der Waals surface area contributed by atoms with Crippen LogP contribution in [0, 0.1) is 13.8 Å². The average molecular weight is 324 g/mol. The van der Waals surface area contributed by atoms with Gasteiger partial charge in [0, 0.05) is 39.9 Å². The first-order chi connectivity index (χ1) is 11.4. The van der Waals surface area contributed by atoms with Crippen molar-refractivity contribution in [1.29, 1.82) is 0 Å². The number of H-pyrrole nitrogens is 2. The molecule has 0 fully saturated rings. The van der Waals surface area contributed by atoms with Crippen molar-refractivity contribution >= 4 is 21.8 Å². The molecule has 6 nitrogen and oxygen atoms in total. The second-order valence-corrected chi connectivity index (χ2v) is 5.93. The van der Waals surface area contributed by atoms with E-state index >= 15 is 0 Å². The highest BCUT2D eigenvalue weighted by atomic mass is 16.3. The van der Waals surface area contributed by atoms with Crippen molar-refractivity contribution in [2.75, 3.05) is 0 Å². The van der Waals surface area contributed by atoms with E-state index in [1.54, 1.807) is 38.4 Å². The van der Waals surface area contributed by atoms with Crippen LogP contribution in [0.15, 0.2) is 24.5 Å². The maximum Gasteiger partial charge on any atom is 0.168 e. The van der Waals surface area contributed by atoms with Gasteiger partial charge in [0.15, 0.2) is 23.0 Å². The monoisotopic (exact) mass is 324 g/mol. The van der Waals surface area contributed by atoms with E-state index in [4.69, 9.17) is 0 Å². The standard InChI is InChI=1S/C18H16N2O4/c1-7-9-3-5-20-14(9)12(18(24)15(7)21)11-10-4-6-19-13(10)8(2)16(22)17(11)23/h3-6,19-24H,1-2H3. The van der Waals surface area contributed by atoms with Gasteiger partial charge in [-0.2, -0.15) is 0 Å². The fraction of sp³-hybridized carbons (Fsp3) is 0.111. The van der Waals surface area contributed by atoms with Gasteiger partial charge in [-0.25, -0.2) is 0 Å². The maximum absolute atomic E-state index is 10.6. The van der Waals surface area contributed by atoms with Crippen LogP contribution in [0.4, 0.5) is 0 Å². The Labute approximate surface area is 136 Å². The molecule has 6 N–H and O–H groups in total. The molecule has 0 saturated carbocycles. The first kappa shape index (κ1) is 14.3. The molecule has 4 rings (SSSR count). The van der Waals surface area contributed by atoms with Gasteiger partial charge >= 0.3 is 0 Å². The van der Waals surface area contributed by atoms with E-state index in [-0.39, 0.29) is 34.1 Å². The summed E-state index contributed by atoms with van der Waals surface area (Å²) in [6.07, 6.45) is 3.39. The third-order valence-electron chi connectivity index (χ3n) is 4.67. The van der Waals surface area contributed by atoms with Crippen LogP contribution < -0.4 is 0 Å². The molecule has 0 aliphatic carbocycles. The lowest BCUT2D eigenvalue weighted by molar-refractivity contribution is 0.399. The van der Waals surface area contributed by atoms with Crippen LogP contribution >= 0.6 is 0 Å². The van der Waals surface area contributed by atoms with Crippen LogP contribution in [0.3, 0.4) is 0 Å². The fourth-order valence-corrected chi connectivity index (χ4v) is 3.36. The van der Waals surface area contributed by atoms with Crippen LogP contribution in [0.25, 0.3) is 32.9 Å². The Morgan fingerprint density at radius 1 is 0.625 bits per heavy atom. The topological polar surface area (TPSA) is 112 Å². The molecule has 0 atom stereocenters. The van der Waals surface area contributed by atoms with Gasteiger partial charge in [-0.1, -0.05) is 0 Å². The summed E-state index contributed by atoms with van der Waals surface area (Å²) in [7, 11) is 0. The highest BCUT2D eigenvalue weighted by Crippen LogP contribution is 2.52. The largest absolute Gasteiger partial charge is 0.504 e. The first-order valence-electron chi connectivity index (χ1n) is 7.47. The lowest BCUT2D eigenvalue weighted by atomic mass is 9.93. The smallest absolute Gasteiger partial charge is 0.168 e. The number of phenolic OH excluding ortho intramolecular Hbond substituents is 4. The van der Waals surface area contributed by atoms with Gasteiger partial charge in [0.1, 0.15) is 0 Å². The van der Waals surface area contributed by atoms with Gasteiger partial charge in [-0.15, -0.1) is 0 Å². The van der Waals surface area contributed by atoms with Gasteiger partial charge in [-0.3, -0.25) is 0 Å². The average Bonchev–Trinajstić information content (AvgIpc) is 3.23. The Morgan fingerprint density at radius 2 is 1.17 bits per heavy atom. The lowest BCUT2D eigenvalue weighted by Gasteiger charge is -2.16. The molecule has 0 aliphatic heterocycles. The summed E-state index contributed by atoms with van der Waals surface area (Å²) in [5, 5.41) is 43.0. The minimum atomic E-state index is -0.344. The van der Waals surface area contributed by atoms with Crippen molar-refractivity contribution < 1.29 is 20.4 Å². The van der Waals surface area contributed by atoms with Crippen LogP contribution in [0.1, 0.15) is 11.1 Å². The van der Waals surface area contributed by atoms with E-state index in [9.17, 15) is 20.4 Å². The highest BCUT2D eigenvalue weighted by Gasteiger charge is 2.25. The number of hydrogen-bond donors (Lipinski definition) is 6. The molecule has 0 bridgehead atoms. The van der Waals surface area contributed by atoms with Gasteiger partial charge in [0.25, 0.3) is 0 Å². The predicted molar refractivity (Wildman–Crippen MR) is 91.7 cm³/mol. The van der Waals surface area contributed by atoms with E-state index in [1.165, 1.54) is 0 Å². The normalized spacial score (nSPS) is 11.6. The van der Waals surface area contributed by atoms with Crippen molar-refractivity contribution in [3.63, 3.8) is 0 Å². The molecule has 0 radical (unpaired) electrons.